The maximum atomic E-state index is 13.4. The van der Waals surface area contributed by atoms with Crippen LogP contribution in [0.15, 0.2) is 48.8 Å². The first-order chi connectivity index (χ1) is 17.7. The standard InChI is InChI=1S/C26H26F3N5O4.H2S/c1-15-14-33(19-8-6-18(7-9-19)26(27,28)29)23(36)22-17(13-31-34(15)22)11-20(35)16-5-10-21(30-12-16)32-24(37)38-25(2,3)4;/h5-10,12-13,15H,11,14H2,1-4H3,(H,30,32,37);1H2/t15-;/m0./s1. The van der Waals surface area contributed by atoms with E-state index >= 15 is 0 Å². The second kappa shape index (κ2) is 11.1. The molecule has 3 heterocycles. The van der Waals surface area contributed by atoms with Gasteiger partial charge in [0.05, 0.1) is 17.8 Å². The van der Waals surface area contributed by atoms with Crippen molar-refractivity contribution in [3.63, 3.8) is 0 Å². The highest BCUT2D eigenvalue weighted by atomic mass is 32.1. The summed E-state index contributed by atoms with van der Waals surface area (Å²) in [6.07, 6.45) is -2.55. The summed E-state index contributed by atoms with van der Waals surface area (Å²) in [6, 6.07) is 7.05. The van der Waals surface area contributed by atoms with Crippen LogP contribution in [0.5, 0.6) is 0 Å². The predicted octanol–water partition coefficient (Wildman–Crippen LogP) is 5.40. The van der Waals surface area contributed by atoms with Gasteiger partial charge in [0.1, 0.15) is 17.1 Å². The average Bonchev–Trinajstić information content (AvgIpc) is 3.24. The van der Waals surface area contributed by atoms with Crippen LogP contribution in [0, 0.1) is 0 Å². The summed E-state index contributed by atoms with van der Waals surface area (Å²) in [5.41, 5.74) is -0.321. The third-order valence-electron chi connectivity index (χ3n) is 5.76. The van der Waals surface area contributed by atoms with Crippen molar-refractivity contribution in [3.8, 4) is 0 Å². The number of ether oxygens (including phenoxy) is 1. The van der Waals surface area contributed by atoms with E-state index in [2.05, 4.69) is 15.4 Å². The highest BCUT2D eigenvalue weighted by Gasteiger charge is 2.35. The smallest absolute Gasteiger partial charge is 0.416 e. The average molecular weight is 564 g/mol. The zero-order chi connectivity index (χ0) is 27.8. The molecule has 1 atom stereocenters. The minimum atomic E-state index is -4.48. The largest absolute Gasteiger partial charge is 0.444 e. The van der Waals surface area contributed by atoms with Gasteiger partial charge in [0.25, 0.3) is 5.91 Å². The molecule has 2 aromatic heterocycles. The predicted molar refractivity (Wildman–Crippen MR) is 143 cm³/mol. The Hall–Kier alpha value is -3.87. The number of rotatable bonds is 5. The fraction of sp³-hybridized carbons (Fsp3) is 0.346. The van der Waals surface area contributed by atoms with E-state index in [0.29, 0.717) is 11.3 Å². The monoisotopic (exact) mass is 563 g/mol. The zero-order valence-electron chi connectivity index (χ0n) is 21.7. The van der Waals surface area contributed by atoms with E-state index in [-0.39, 0.29) is 55.4 Å². The van der Waals surface area contributed by atoms with Crippen LogP contribution in [0.4, 0.5) is 29.5 Å². The van der Waals surface area contributed by atoms with E-state index < -0.39 is 29.3 Å². The van der Waals surface area contributed by atoms with Crippen molar-refractivity contribution >= 4 is 42.8 Å². The number of aromatic nitrogens is 3. The third-order valence-corrected chi connectivity index (χ3v) is 5.76. The number of benzene rings is 1. The fourth-order valence-electron chi connectivity index (χ4n) is 4.02. The normalized spacial score (nSPS) is 15.3. The lowest BCUT2D eigenvalue weighted by Crippen LogP contribution is -2.43. The summed E-state index contributed by atoms with van der Waals surface area (Å²) in [6.45, 7) is 7.22. The summed E-state index contributed by atoms with van der Waals surface area (Å²) < 4.78 is 45.6. The van der Waals surface area contributed by atoms with Crippen LogP contribution >= 0.6 is 13.5 Å². The number of hydrogen-bond donors (Lipinski definition) is 1. The maximum Gasteiger partial charge on any atom is 0.416 e. The van der Waals surface area contributed by atoms with Gasteiger partial charge < -0.3 is 9.64 Å². The molecule has 3 aromatic rings. The number of pyridine rings is 1. The van der Waals surface area contributed by atoms with Crippen molar-refractivity contribution in [1.82, 2.24) is 14.8 Å². The van der Waals surface area contributed by atoms with Gasteiger partial charge in [-0.05, 0) is 64.1 Å². The summed E-state index contributed by atoms with van der Waals surface area (Å²) in [5, 5.41) is 6.76. The molecule has 4 rings (SSSR count). The number of alkyl halides is 3. The lowest BCUT2D eigenvalue weighted by molar-refractivity contribution is -0.137. The first kappa shape index (κ1) is 29.7. The molecule has 0 spiro atoms. The van der Waals surface area contributed by atoms with Gasteiger partial charge in [-0.1, -0.05) is 0 Å². The van der Waals surface area contributed by atoms with Crippen LogP contribution in [0.2, 0.25) is 0 Å². The Bertz CT molecular complexity index is 1370. The highest BCUT2D eigenvalue weighted by Crippen LogP contribution is 2.33. The molecule has 208 valence electrons. The van der Waals surface area contributed by atoms with Crippen LogP contribution in [-0.4, -0.2) is 44.7 Å². The summed E-state index contributed by atoms with van der Waals surface area (Å²) in [4.78, 5) is 43.7. The SMILES string of the molecule is C[C@H]1CN(c2ccc(C(F)(F)F)cc2)C(=O)c2c(CC(=O)c3ccc(NC(=O)OC(C)(C)C)nc3)cnn21.S. The number of amides is 2. The molecule has 0 fully saturated rings. The molecule has 1 aliphatic heterocycles. The molecule has 0 radical (unpaired) electrons. The van der Waals surface area contributed by atoms with Crippen molar-refractivity contribution in [3.05, 3.63) is 71.2 Å². The molecule has 1 N–H and O–H groups in total. The number of carbonyl (C=O) groups excluding carboxylic acids is 3. The van der Waals surface area contributed by atoms with Crippen molar-refractivity contribution in [2.24, 2.45) is 0 Å². The van der Waals surface area contributed by atoms with E-state index in [1.807, 2.05) is 6.92 Å². The molecule has 1 aliphatic rings. The number of halogens is 3. The Morgan fingerprint density at radius 3 is 2.31 bits per heavy atom. The van der Waals surface area contributed by atoms with Crippen LogP contribution in [0.25, 0.3) is 0 Å². The minimum Gasteiger partial charge on any atom is -0.444 e. The molecule has 0 aliphatic carbocycles. The fourth-order valence-corrected chi connectivity index (χ4v) is 4.02. The number of ketones is 1. The van der Waals surface area contributed by atoms with Gasteiger partial charge in [0, 0.05) is 36.0 Å². The number of Topliss-reactive ketones (excluding diaryl/α,β-unsaturated/α-hetero) is 1. The van der Waals surface area contributed by atoms with E-state index in [1.54, 1.807) is 20.8 Å². The van der Waals surface area contributed by atoms with E-state index in [0.717, 1.165) is 12.1 Å². The van der Waals surface area contributed by atoms with E-state index in [1.165, 1.54) is 46.2 Å². The van der Waals surface area contributed by atoms with Gasteiger partial charge >= 0.3 is 12.3 Å². The van der Waals surface area contributed by atoms with Crippen LogP contribution in [0.3, 0.4) is 0 Å². The van der Waals surface area contributed by atoms with Gasteiger partial charge in [-0.25, -0.2) is 9.78 Å². The van der Waals surface area contributed by atoms with Gasteiger partial charge in [0.15, 0.2) is 5.78 Å². The van der Waals surface area contributed by atoms with Gasteiger partial charge in [-0.3, -0.25) is 19.6 Å². The molecular formula is C26H28F3N5O4S. The number of nitrogens with one attached hydrogen (secondary N) is 1. The Morgan fingerprint density at radius 2 is 1.74 bits per heavy atom. The Balaban J connectivity index is 0.00000420. The second-order valence-electron chi connectivity index (χ2n) is 9.93. The zero-order valence-corrected chi connectivity index (χ0v) is 22.7. The molecule has 0 unspecified atom stereocenters. The number of carbonyl (C=O) groups is 3. The lowest BCUT2D eigenvalue weighted by Gasteiger charge is -2.32. The van der Waals surface area contributed by atoms with Crippen molar-refractivity contribution in [2.75, 3.05) is 16.8 Å². The molecular weight excluding hydrogens is 535 g/mol. The summed E-state index contributed by atoms with van der Waals surface area (Å²) >= 11 is 0. The number of hydrogen-bond acceptors (Lipinski definition) is 6. The lowest BCUT2D eigenvalue weighted by atomic mass is 10.0. The Kier molecular flexibility index (Phi) is 8.44. The molecule has 13 heteroatoms. The quantitative estimate of drug-likeness (QED) is 0.417. The summed E-state index contributed by atoms with van der Waals surface area (Å²) in [5.74, 6) is -0.586. The molecule has 39 heavy (non-hydrogen) atoms. The summed E-state index contributed by atoms with van der Waals surface area (Å²) in [7, 11) is 0. The first-order valence-electron chi connectivity index (χ1n) is 11.8. The van der Waals surface area contributed by atoms with Crippen LogP contribution < -0.4 is 10.2 Å². The number of anilines is 2. The van der Waals surface area contributed by atoms with E-state index in [4.69, 9.17) is 4.74 Å². The van der Waals surface area contributed by atoms with Crippen molar-refractivity contribution in [1.29, 1.82) is 0 Å². The molecule has 2 amide bonds. The van der Waals surface area contributed by atoms with Crippen LogP contribution in [0.1, 0.15) is 65.7 Å². The number of nitrogens with zero attached hydrogens (tertiary/aromatic N) is 4. The first-order valence-corrected chi connectivity index (χ1v) is 11.8. The van der Waals surface area contributed by atoms with Gasteiger partial charge in [-0.15, -0.1) is 0 Å². The molecule has 1 aromatic carbocycles. The van der Waals surface area contributed by atoms with Crippen LogP contribution in [-0.2, 0) is 17.3 Å². The topological polar surface area (TPSA) is 106 Å². The van der Waals surface area contributed by atoms with Gasteiger partial charge in [0.2, 0.25) is 0 Å². The maximum absolute atomic E-state index is 13.4. The van der Waals surface area contributed by atoms with Crippen molar-refractivity contribution in [2.45, 2.75) is 51.9 Å². The molecule has 0 saturated heterocycles. The minimum absolute atomic E-state index is 0. The third kappa shape index (κ3) is 6.77. The van der Waals surface area contributed by atoms with Gasteiger partial charge in [-0.2, -0.15) is 31.8 Å². The molecule has 0 saturated carbocycles. The molecule has 0 bridgehead atoms. The second-order valence-corrected chi connectivity index (χ2v) is 9.93. The van der Waals surface area contributed by atoms with Crippen molar-refractivity contribution < 1.29 is 32.3 Å². The Morgan fingerprint density at radius 1 is 1.08 bits per heavy atom. The number of fused-ring (bicyclic) bond motifs is 1. The Labute approximate surface area is 229 Å². The van der Waals surface area contributed by atoms with E-state index in [9.17, 15) is 27.6 Å². The highest BCUT2D eigenvalue weighted by molar-refractivity contribution is 7.59. The molecule has 9 nitrogen and oxygen atoms in total.